The van der Waals surface area contributed by atoms with E-state index in [1.165, 1.54) is 18.2 Å². The minimum atomic E-state index is -0.979. The van der Waals surface area contributed by atoms with Gasteiger partial charge in [0.15, 0.2) is 5.11 Å². The van der Waals surface area contributed by atoms with E-state index in [4.69, 9.17) is 17.0 Å². The Morgan fingerprint density at radius 3 is 2.65 bits per heavy atom. The lowest BCUT2D eigenvalue weighted by molar-refractivity contribution is -0.384. The van der Waals surface area contributed by atoms with E-state index in [1.807, 2.05) is 13.8 Å². The molecule has 0 bridgehead atoms. The summed E-state index contributed by atoms with van der Waals surface area (Å²) in [6.45, 7) is 5.36. The molecule has 0 saturated carbocycles. The number of esters is 1. The third-order valence-corrected chi connectivity index (χ3v) is 4.02. The number of thiocarbonyl (C=S) groups is 1. The van der Waals surface area contributed by atoms with Crippen LogP contribution in [0.1, 0.15) is 32.4 Å². The van der Waals surface area contributed by atoms with Crippen LogP contribution in [0.25, 0.3) is 0 Å². The number of carbonyl (C=O) groups excluding carboxylic acids is 2. The Morgan fingerprint density at radius 2 is 2.08 bits per heavy atom. The van der Waals surface area contributed by atoms with Crippen molar-refractivity contribution >= 4 is 34.8 Å². The van der Waals surface area contributed by atoms with Crippen molar-refractivity contribution < 1.29 is 19.2 Å². The lowest BCUT2D eigenvalue weighted by Gasteiger charge is -2.32. The van der Waals surface area contributed by atoms with Crippen LogP contribution in [0.5, 0.6) is 0 Å². The molecule has 0 unspecified atom stereocenters. The first-order valence-corrected chi connectivity index (χ1v) is 8.44. The smallest absolute Gasteiger partial charge is 0.379 e. The number of ketones is 1. The van der Waals surface area contributed by atoms with E-state index in [1.54, 1.807) is 13.0 Å². The Bertz CT molecular complexity index is 803. The highest BCUT2D eigenvalue weighted by Gasteiger charge is 2.36. The predicted octanol–water partition coefficient (Wildman–Crippen LogP) is 2.16. The second kappa shape index (κ2) is 8.05. The van der Waals surface area contributed by atoms with Crippen molar-refractivity contribution in [3.8, 4) is 0 Å². The number of non-ortho nitro benzene ring substituents is 1. The predicted molar refractivity (Wildman–Crippen MR) is 98.2 cm³/mol. The Morgan fingerprint density at radius 1 is 1.38 bits per heavy atom. The monoisotopic (exact) mass is 377 g/mol. The standard InChI is InChI=1S/C17H19N3O5S/c1-4-25-16(22)15(21)12-13(9(2)3)18-17(26)19-14(12)10-6-5-7-11(8-10)20(23)24/h5-9,14H,4H2,1-3H3,(H2,18,19,26)/t14-/m1/s1. The zero-order chi connectivity index (χ0) is 19.4. The number of allylic oxidation sites excluding steroid dienone is 1. The molecule has 0 amide bonds. The van der Waals surface area contributed by atoms with E-state index in [-0.39, 0.29) is 28.9 Å². The highest BCUT2D eigenvalue weighted by atomic mass is 32.1. The Labute approximate surface area is 155 Å². The van der Waals surface area contributed by atoms with E-state index < -0.39 is 22.7 Å². The van der Waals surface area contributed by atoms with E-state index in [2.05, 4.69) is 10.6 Å². The SMILES string of the molecule is CCOC(=O)C(=O)C1=C(C(C)C)NC(=S)N[C@@H]1c1cccc([N+](=O)[O-])c1. The Kier molecular flexibility index (Phi) is 6.04. The summed E-state index contributed by atoms with van der Waals surface area (Å²) >= 11 is 5.20. The number of rotatable bonds is 6. The van der Waals surface area contributed by atoms with E-state index in [0.29, 0.717) is 11.3 Å². The summed E-state index contributed by atoms with van der Waals surface area (Å²) < 4.78 is 4.84. The fourth-order valence-electron chi connectivity index (χ4n) is 2.67. The van der Waals surface area contributed by atoms with Gasteiger partial charge in [-0.2, -0.15) is 0 Å². The van der Waals surface area contributed by atoms with Gasteiger partial charge in [0.25, 0.3) is 11.5 Å². The number of ether oxygens (including phenoxy) is 1. The third-order valence-electron chi connectivity index (χ3n) is 3.80. The fourth-order valence-corrected chi connectivity index (χ4v) is 2.90. The van der Waals surface area contributed by atoms with Gasteiger partial charge in [-0.15, -0.1) is 0 Å². The Hall–Kier alpha value is -2.81. The zero-order valence-corrected chi connectivity index (χ0v) is 15.4. The number of Topliss-reactive ketones (excluding diaryl/α,β-unsaturated/α-hetero) is 1. The highest BCUT2D eigenvalue weighted by Crippen LogP contribution is 2.32. The summed E-state index contributed by atoms with van der Waals surface area (Å²) in [5.74, 6) is -1.92. The van der Waals surface area contributed by atoms with Gasteiger partial charge in [0, 0.05) is 17.8 Å². The molecule has 1 heterocycles. The summed E-state index contributed by atoms with van der Waals surface area (Å²) in [5.41, 5.74) is 0.965. The maximum Gasteiger partial charge on any atom is 0.379 e. The van der Waals surface area contributed by atoms with Gasteiger partial charge in [-0.25, -0.2) is 4.79 Å². The number of hydrogen-bond acceptors (Lipinski definition) is 6. The number of carbonyl (C=O) groups is 2. The topological polar surface area (TPSA) is 111 Å². The molecule has 1 aromatic carbocycles. The summed E-state index contributed by atoms with van der Waals surface area (Å²) in [6.07, 6.45) is 0. The van der Waals surface area contributed by atoms with Gasteiger partial charge in [-0.3, -0.25) is 14.9 Å². The molecule has 0 saturated heterocycles. The van der Waals surface area contributed by atoms with Crippen LogP contribution in [0, 0.1) is 16.0 Å². The molecule has 9 heteroatoms. The fraction of sp³-hybridized carbons (Fsp3) is 0.353. The Balaban J connectivity index is 2.60. The maximum atomic E-state index is 12.7. The molecular formula is C17H19N3O5S. The lowest BCUT2D eigenvalue weighted by Crippen LogP contribution is -2.47. The van der Waals surface area contributed by atoms with Crippen molar-refractivity contribution in [1.82, 2.24) is 10.6 Å². The molecule has 0 radical (unpaired) electrons. The minimum absolute atomic E-state index is 0.0651. The molecule has 1 atom stereocenters. The number of hydrogen-bond donors (Lipinski definition) is 2. The minimum Gasteiger partial charge on any atom is -0.460 e. The van der Waals surface area contributed by atoms with Gasteiger partial charge in [0.1, 0.15) is 0 Å². The molecular weight excluding hydrogens is 358 g/mol. The molecule has 26 heavy (non-hydrogen) atoms. The number of nitrogens with one attached hydrogen (secondary N) is 2. The van der Waals surface area contributed by atoms with Crippen LogP contribution >= 0.6 is 12.2 Å². The van der Waals surface area contributed by atoms with Crippen LogP contribution in [0.4, 0.5) is 5.69 Å². The second-order valence-electron chi connectivity index (χ2n) is 5.92. The average Bonchev–Trinajstić information content (AvgIpc) is 2.60. The van der Waals surface area contributed by atoms with Crippen LogP contribution in [0.15, 0.2) is 35.5 Å². The molecule has 138 valence electrons. The van der Waals surface area contributed by atoms with Gasteiger partial charge in [0.05, 0.1) is 23.1 Å². The first-order chi connectivity index (χ1) is 12.3. The number of nitro groups is 1. The quantitative estimate of drug-likeness (QED) is 0.255. The summed E-state index contributed by atoms with van der Waals surface area (Å²) in [5, 5.41) is 17.2. The number of benzene rings is 1. The van der Waals surface area contributed by atoms with Crippen molar-refractivity contribution in [2.45, 2.75) is 26.8 Å². The number of nitrogens with zero attached hydrogens (tertiary/aromatic N) is 1. The summed E-state index contributed by atoms with van der Waals surface area (Å²) in [7, 11) is 0. The average molecular weight is 377 g/mol. The van der Waals surface area contributed by atoms with Gasteiger partial charge in [-0.1, -0.05) is 26.0 Å². The van der Waals surface area contributed by atoms with E-state index in [9.17, 15) is 19.7 Å². The van der Waals surface area contributed by atoms with Crippen LogP contribution in [0.2, 0.25) is 0 Å². The molecule has 1 aromatic rings. The third kappa shape index (κ3) is 4.05. The largest absolute Gasteiger partial charge is 0.460 e. The van der Waals surface area contributed by atoms with Crippen molar-refractivity contribution in [1.29, 1.82) is 0 Å². The van der Waals surface area contributed by atoms with Gasteiger partial charge < -0.3 is 15.4 Å². The molecule has 0 aromatic heterocycles. The van der Waals surface area contributed by atoms with Crippen molar-refractivity contribution in [3.05, 3.63) is 51.2 Å². The van der Waals surface area contributed by atoms with Gasteiger partial charge in [-0.05, 0) is 30.6 Å². The van der Waals surface area contributed by atoms with Gasteiger partial charge >= 0.3 is 5.97 Å². The first kappa shape index (κ1) is 19.5. The normalized spacial score (nSPS) is 16.8. The van der Waals surface area contributed by atoms with Gasteiger partial charge in [0.2, 0.25) is 0 Å². The number of nitro benzene ring substituents is 1. The zero-order valence-electron chi connectivity index (χ0n) is 14.6. The highest BCUT2D eigenvalue weighted by molar-refractivity contribution is 7.80. The lowest BCUT2D eigenvalue weighted by atomic mass is 9.88. The molecule has 2 rings (SSSR count). The molecule has 0 fully saturated rings. The van der Waals surface area contributed by atoms with Crippen LogP contribution in [-0.2, 0) is 14.3 Å². The first-order valence-electron chi connectivity index (χ1n) is 8.03. The van der Waals surface area contributed by atoms with E-state index >= 15 is 0 Å². The summed E-state index contributed by atoms with van der Waals surface area (Å²) in [4.78, 5) is 35.3. The molecule has 8 nitrogen and oxygen atoms in total. The van der Waals surface area contributed by atoms with Crippen LogP contribution in [-0.4, -0.2) is 28.4 Å². The van der Waals surface area contributed by atoms with Crippen molar-refractivity contribution in [2.24, 2.45) is 5.92 Å². The van der Waals surface area contributed by atoms with Crippen LogP contribution < -0.4 is 10.6 Å². The molecule has 0 spiro atoms. The van der Waals surface area contributed by atoms with Crippen molar-refractivity contribution in [2.75, 3.05) is 6.61 Å². The molecule has 0 aliphatic carbocycles. The summed E-state index contributed by atoms with van der Waals surface area (Å²) in [6, 6.07) is 5.06. The van der Waals surface area contributed by atoms with E-state index in [0.717, 1.165) is 0 Å². The molecule has 1 aliphatic rings. The second-order valence-corrected chi connectivity index (χ2v) is 6.32. The molecule has 1 aliphatic heterocycles. The molecule has 2 N–H and O–H groups in total. The van der Waals surface area contributed by atoms with Crippen molar-refractivity contribution in [3.63, 3.8) is 0 Å². The van der Waals surface area contributed by atoms with Crippen LogP contribution in [0.3, 0.4) is 0 Å². The maximum absolute atomic E-state index is 12.7.